The standard InChI is InChI=1S/C15H31NS/c1-13(2)8-5-6-11-17-12-15-9-7-10-16(15)14(3)4/h13-15H,5-12H2,1-4H3. The second kappa shape index (κ2) is 8.42. The highest BCUT2D eigenvalue weighted by atomic mass is 32.2. The molecule has 0 aliphatic carbocycles. The minimum Gasteiger partial charge on any atom is -0.297 e. The molecule has 1 aliphatic rings. The number of likely N-dealkylation sites (tertiary alicyclic amines) is 1. The molecule has 2 heteroatoms. The lowest BCUT2D eigenvalue weighted by molar-refractivity contribution is 0.219. The molecular formula is C15H31NS. The number of thioether (sulfide) groups is 1. The van der Waals surface area contributed by atoms with Crippen LogP contribution in [-0.4, -0.2) is 35.0 Å². The topological polar surface area (TPSA) is 3.24 Å². The van der Waals surface area contributed by atoms with Gasteiger partial charge in [-0.05, 0) is 51.3 Å². The van der Waals surface area contributed by atoms with E-state index in [-0.39, 0.29) is 0 Å². The van der Waals surface area contributed by atoms with Gasteiger partial charge in [0.1, 0.15) is 0 Å². The third-order valence-electron chi connectivity index (χ3n) is 3.72. The highest BCUT2D eigenvalue weighted by Crippen LogP contribution is 2.23. The summed E-state index contributed by atoms with van der Waals surface area (Å²) in [6.45, 7) is 10.7. The van der Waals surface area contributed by atoms with Crippen LogP contribution >= 0.6 is 11.8 Å². The molecule has 1 aliphatic heterocycles. The van der Waals surface area contributed by atoms with Crippen molar-refractivity contribution in [1.82, 2.24) is 4.90 Å². The fraction of sp³-hybridized carbons (Fsp3) is 1.00. The van der Waals surface area contributed by atoms with Gasteiger partial charge in [-0.1, -0.05) is 26.7 Å². The average Bonchev–Trinajstić information content (AvgIpc) is 2.71. The Labute approximate surface area is 113 Å². The van der Waals surface area contributed by atoms with Crippen molar-refractivity contribution in [2.24, 2.45) is 5.92 Å². The van der Waals surface area contributed by atoms with Crippen LogP contribution in [0.5, 0.6) is 0 Å². The first-order valence-corrected chi connectivity index (χ1v) is 8.60. The van der Waals surface area contributed by atoms with E-state index in [1.54, 1.807) is 0 Å². The Morgan fingerprint density at radius 2 is 1.94 bits per heavy atom. The Balaban J connectivity index is 2.02. The van der Waals surface area contributed by atoms with Gasteiger partial charge in [0, 0.05) is 17.8 Å². The molecule has 0 saturated carbocycles. The quantitative estimate of drug-likeness (QED) is 0.592. The molecule has 1 atom stereocenters. The van der Waals surface area contributed by atoms with Crippen LogP contribution in [-0.2, 0) is 0 Å². The Hall–Kier alpha value is 0.310. The molecule has 0 aromatic rings. The zero-order valence-electron chi connectivity index (χ0n) is 12.2. The van der Waals surface area contributed by atoms with E-state index in [9.17, 15) is 0 Å². The maximum atomic E-state index is 2.70. The van der Waals surface area contributed by atoms with E-state index in [1.165, 1.54) is 50.2 Å². The molecule has 0 spiro atoms. The summed E-state index contributed by atoms with van der Waals surface area (Å²) in [5, 5.41) is 0. The second-order valence-corrected chi connectivity index (χ2v) is 7.24. The zero-order valence-corrected chi connectivity index (χ0v) is 13.1. The van der Waals surface area contributed by atoms with Crippen LogP contribution in [0.3, 0.4) is 0 Å². The molecule has 17 heavy (non-hydrogen) atoms. The van der Waals surface area contributed by atoms with Gasteiger partial charge in [0.15, 0.2) is 0 Å². The monoisotopic (exact) mass is 257 g/mol. The van der Waals surface area contributed by atoms with Gasteiger partial charge < -0.3 is 0 Å². The third kappa shape index (κ3) is 6.15. The summed E-state index contributed by atoms with van der Waals surface area (Å²) in [7, 11) is 0. The summed E-state index contributed by atoms with van der Waals surface area (Å²) in [5.41, 5.74) is 0. The summed E-state index contributed by atoms with van der Waals surface area (Å²) < 4.78 is 0. The zero-order chi connectivity index (χ0) is 12.7. The summed E-state index contributed by atoms with van der Waals surface area (Å²) in [5.74, 6) is 3.61. The van der Waals surface area contributed by atoms with Gasteiger partial charge in [-0.25, -0.2) is 0 Å². The van der Waals surface area contributed by atoms with Crippen molar-refractivity contribution in [3.63, 3.8) is 0 Å². The maximum Gasteiger partial charge on any atom is 0.0189 e. The molecule has 1 unspecified atom stereocenters. The number of hydrogen-bond acceptors (Lipinski definition) is 2. The fourth-order valence-electron chi connectivity index (χ4n) is 2.69. The Kier molecular flexibility index (Phi) is 7.61. The number of unbranched alkanes of at least 4 members (excludes halogenated alkanes) is 1. The fourth-order valence-corrected chi connectivity index (χ4v) is 3.90. The molecule has 1 rings (SSSR count). The van der Waals surface area contributed by atoms with Gasteiger partial charge in [0.25, 0.3) is 0 Å². The molecule has 0 amide bonds. The Morgan fingerprint density at radius 1 is 1.18 bits per heavy atom. The Bertz CT molecular complexity index is 191. The average molecular weight is 257 g/mol. The predicted molar refractivity (Wildman–Crippen MR) is 80.9 cm³/mol. The summed E-state index contributed by atoms with van der Waals surface area (Å²) in [4.78, 5) is 2.70. The van der Waals surface area contributed by atoms with Crippen molar-refractivity contribution >= 4 is 11.8 Å². The van der Waals surface area contributed by atoms with E-state index >= 15 is 0 Å². The van der Waals surface area contributed by atoms with Crippen molar-refractivity contribution in [1.29, 1.82) is 0 Å². The summed E-state index contributed by atoms with van der Waals surface area (Å²) in [6, 6.07) is 1.61. The third-order valence-corrected chi connectivity index (χ3v) is 4.91. The number of nitrogens with zero attached hydrogens (tertiary/aromatic N) is 1. The van der Waals surface area contributed by atoms with Gasteiger partial charge in [-0.3, -0.25) is 4.90 Å². The van der Waals surface area contributed by atoms with E-state index in [2.05, 4.69) is 44.4 Å². The van der Waals surface area contributed by atoms with Gasteiger partial charge in [-0.2, -0.15) is 11.8 Å². The molecular weight excluding hydrogens is 226 g/mol. The highest BCUT2D eigenvalue weighted by Gasteiger charge is 2.25. The molecule has 1 saturated heterocycles. The first kappa shape index (κ1) is 15.4. The molecule has 1 heterocycles. The molecule has 1 nitrogen and oxygen atoms in total. The lowest BCUT2D eigenvalue weighted by Gasteiger charge is -2.28. The van der Waals surface area contributed by atoms with Crippen LogP contribution in [0.2, 0.25) is 0 Å². The molecule has 0 aromatic carbocycles. The van der Waals surface area contributed by atoms with E-state index in [0.717, 1.165) is 18.0 Å². The molecule has 0 N–H and O–H groups in total. The van der Waals surface area contributed by atoms with E-state index < -0.39 is 0 Å². The minimum absolute atomic E-state index is 0.740. The van der Waals surface area contributed by atoms with Crippen LogP contribution in [0.25, 0.3) is 0 Å². The molecule has 1 fully saturated rings. The predicted octanol–water partition coefficient (Wildman–Crippen LogP) is 4.42. The molecule has 0 bridgehead atoms. The van der Waals surface area contributed by atoms with Crippen molar-refractivity contribution in [2.45, 2.75) is 71.9 Å². The van der Waals surface area contributed by atoms with Crippen LogP contribution < -0.4 is 0 Å². The van der Waals surface area contributed by atoms with Crippen molar-refractivity contribution in [3.8, 4) is 0 Å². The lowest BCUT2D eigenvalue weighted by atomic mass is 10.1. The maximum absolute atomic E-state index is 2.70. The SMILES string of the molecule is CC(C)CCCCSCC1CCCN1C(C)C. The minimum atomic E-state index is 0.740. The van der Waals surface area contributed by atoms with Crippen molar-refractivity contribution in [2.75, 3.05) is 18.1 Å². The molecule has 0 aromatic heterocycles. The Morgan fingerprint density at radius 3 is 2.59 bits per heavy atom. The van der Waals surface area contributed by atoms with Crippen molar-refractivity contribution < 1.29 is 0 Å². The summed E-state index contributed by atoms with van der Waals surface area (Å²) >= 11 is 2.18. The summed E-state index contributed by atoms with van der Waals surface area (Å²) in [6.07, 6.45) is 7.08. The number of rotatable bonds is 8. The number of hydrogen-bond donors (Lipinski definition) is 0. The van der Waals surface area contributed by atoms with Crippen LogP contribution in [0.4, 0.5) is 0 Å². The van der Waals surface area contributed by atoms with Gasteiger partial charge >= 0.3 is 0 Å². The molecule has 102 valence electrons. The first-order valence-electron chi connectivity index (χ1n) is 7.44. The lowest BCUT2D eigenvalue weighted by Crippen LogP contribution is -2.36. The van der Waals surface area contributed by atoms with Crippen LogP contribution in [0, 0.1) is 5.92 Å². The second-order valence-electron chi connectivity index (χ2n) is 6.09. The largest absolute Gasteiger partial charge is 0.297 e. The van der Waals surface area contributed by atoms with Gasteiger partial charge in [-0.15, -0.1) is 0 Å². The smallest absolute Gasteiger partial charge is 0.0189 e. The van der Waals surface area contributed by atoms with E-state index in [1.807, 2.05) is 0 Å². The van der Waals surface area contributed by atoms with E-state index in [0.29, 0.717) is 0 Å². The van der Waals surface area contributed by atoms with Gasteiger partial charge in [0.05, 0.1) is 0 Å². The van der Waals surface area contributed by atoms with E-state index in [4.69, 9.17) is 0 Å². The molecule has 0 radical (unpaired) electrons. The highest BCUT2D eigenvalue weighted by molar-refractivity contribution is 7.99. The van der Waals surface area contributed by atoms with Crippen LogP contribution in [0.1, 0.15) is 59.8 Å². The van der Waals surface area contributed by atoms with Gasteiger partial charge in [0.2, 0.25) is 0 Å². The van der Waals surface area contributed by atoms with Crippen LogP contribution in [0.15, 0.2) is 0 Å². The first-order chi connectivity index (χ1) is 8.11. The van der Waals surface area contributed by atoms with Crippen molar-refractivity contribution in [3.05, 3.63) is 0 Å². The normalized spacial score (nSPS) is 21.9.